The minimum Gasteiger partial charge on any atom is -0.338 e. The number of carbonyl (C=O) groups is 1. The number of amides is 1. The van der Waals surface area contributed by atoms with E-state index in [0.29, 0.717) is 11.5 Å². The monoisotopic (exact) mass is 393 g/mol. The molecule has 4 rings (SSSR count). The predicted molar refractivity (Wildman–Crippen MR) is 115 cm³/mol. The van der Waals surface area contributed by atoms with Gasteiger partial charge in [-0.15, -0.1) is 0 Å². The second-order valence-corrected chi connectivity index (χ2v) is 9.13. The zero-order chi connectivity index (χ0) is 20.4. The van der Waals surface area contributed by atoms with Gasteiger partial charge < -0.3 is 9.88 Å². The van der Waals surface area contributed by atoms with E-state index in [1.54, 1.807) is 6.07 Å². The van der Waals surface area contributed by atoms with E-state index in [9.17, 15) is 9.59 Å². The van der Waals surface area contributed by atoms with Gasteiger partial charge in [-0.1, -0.05) is 38.1 Å². The number of benzene rings is 1. The number of hydrogen-bond donors (Lipinski definition) is 1. The Morgan fingerprint density at radius 2 is 1.86 bits per heavy atom. The molecule has 1 spiro atoms. The van der Waals surface area contributed by atoms with Crippen molar-refractivity contribution < 1.29 is 4.79 Å². The normalized spacial score (nSPS) is 22.5. The van der Waals surface area contributed by atoms with Crippen LogP contribution in [-0.2, 0) is 6.54 Å². The molecule has 2 aliphatic rings. The molecule has 1 N–H and O–H groups in total. The first-order chi connectivity index (χ1) is 13.9. The van der Waals surface area contributed by atoms with Gasteiger partial charge in [-0.2, -0.15) is 0 Å². The molecule has 0 unspecified atom stereocenters. The maximum Gasteiger partial charge on any atom is 0.255 e. The van der Waals surface area contributed by atoms with Gasteiger partial charge in [-0.05, 0) is 48.9 Å². The van der Waals surface area contributed by atoms with Crippen molar-refractivity contribution in [3.63, 3.8) is 0 Å². The van der Waals surface area contributed by atoms with Crippen LogP contribution < -0.4 is 5.56 Å². The van der Waals surface area contributed by atoms with E-state index in [1.807, 2.05) is 4.90 Å². The van der Waals surface area contributed by atoms with Crippen LogP contribution in [0.1, 0.15) is 60.5 Å². The van der Waals surface area contributed by atoms with Gasteiger partial charge in [-0.25, -0.2) is 0 Å². The molecular weight excluding hydrogens is 362 g/mol. The molecular formula is C24H31N3O2. The topological polar surface area (TPSA) is 56.4 Å². The highest BCUT2D eigenvalue weighted by molar-refractivity contribution is 5.94. The molecule has 1 aromatic carbocycles. The average molecular weight is 394 g/mol. The Labute approximate surface area is 172 Å². The summed E-state index contributed by atoms with van der Waals surface area (Å²) in [5.74, 6) is 0.589. The van der Waals surface area contributed by atoms with Gasteiger partial charge in [0, 0.05) is 43.9 Å². The highest BCUT2D eigenvalue weighted by Crippen LogP contribution is 2.39. The molecule has 5 heteroatoms. The van der Waals surface area contributed by atoms with Crippen molar-refractivity contribution in [2.45, 2.75) is 45.6 Å². The molecule has 2 saturated heterocycles. The summed E-state index contributed by atoms with van der Waals surface area (Å²) in [6.07, 6.45) is 4.96. The van der Waals surface area contributed by atoms with Crippen LogP contribution >= 0.6 is 0 Å². The molecule has 0 saturated carbocycles. The van der Waals surface area contributed by atoms with Crippen molar-refractivity contribution in [2.75, 3.05) is 26.2 Å². The predicted octanol–water partition coefficient (Wildman–Crippen LogP) is 3.63. The maximum atomic E-state index is 12.8. The number of rotatable bonds is 4. The molecule has 0 radical (unpaired) electrons. The van der Waals surface area contributed by atoms with Gasteiger partial charge >= 0.3 is 0 Å². The highest BCUT2D eigenvalue weighted by atomic mass is 16.2. The van der Waals surface area contributed by atoms with Crippen molar-refractivity contribution >= 4 is 5.91 Å². The maximum absolute atomic E-state index is 12.8. The molecule has 29 heavy (non-hydrogen) atoms. The Kier molecular flexibility index (Phi) is 5.59. The van der Waals surface area contributed by atoms with Crippen LogP contribution in [0.2, 0.25) is 0 Å². The van der Waals surface area contributed by atoms with E-state index in [-0.39, 0.29) is 16.9 Å². The lowest BCUT2D eigenvalue weighted by atomic mass is 9.79. The molecule has 0 bridgehead atoms. The fourth-order valence-corrected chi connectivity index (χ4v) is 4.88. The van der Waals surface area contributed by atoms with E-state index < -0.39 is 0 Å². The highest BCUT2D eigenvalue weighted by Gasteiger charge is 2.42. The number of H-pyrrole nitrogens is 1. The number of likely N-dealkylation sites (tertiary alicyclic amines) is 2. The summed E-state index contributed by atoms with van der Waals surface area (Å²) in [7, 11) is 0. The number of piperidine rings is 1. The molecule has 1 amide bonds. The van der Waals surface area contributed by atoms with E-state index in [0.717, 1.165) is 39.1 Å². The molecule has 3 heterocycles. The van der Waals surface area contributed by atoms with Crippen molar-refractivity contribution in [1.82, 2.24) is 14.8 Å². The summed E-state index contributed by atoms with van der Waals surface area (Å²) >= 11 is 0. The van der Waals surface area contributed by atoms with Gasteiger partial charge in [-0.3, -0.25) is 14.5 Å². The molecule has 0 aliphatic carbocycles. The third-order valence-electron chi connectivity index (χ3n) is 6.55. The number of pyridine rings is 1. The number of aromatic amines is 1. The van der Waals surface area contributed by atoms with Crippen LogP contribution in [0.15, 0.2) is 47.4 Å². The van der Waals surface area contributed by atoms with Crippen LogP contribution in [-0.4, -0.2) is 46.9 Å². The van der Waals surface area contributed by atoms with Crippen LogP contribution in [0.5, 0.6) is 0 Å². The molecule has 2 fully saturated rings. The third-order valence-corrected chi connectivity index (χ3v) is 6.55. The molecule has 1 atom stereocenters. The van der Waals surface area contributed by atoms with Gasteiger partial charge in [0.25, 0.3) is 5.91 Å². The van der Waals surface area contributed by atoms with Gasteiger partial charge in [0.1, 0.15) is 0 Å². The molecule has 2 aliphatic heterocycles. The lowest BCUT2D eigenvalue weighted by Gasteiger charge is -2.40. The fourth-order valence-electron chi connectivity index (χ4n) is 4.88. The largest absolute Gasteiger partial charge is 0.338 e. The first-order valence-corrected chi connectivity index (χ1v) is 10.7. The Morgan fingerprint density at radius 1 is 1.07 bits per heavy atom. The quantitative estimate of drug-likeness (QED) is 0.863. The zero-order valence-electron chi connectivity index (χ0n) is 17.5. The van der Waals surface area contributed by atoms with Crippen molar-refractivity contribution in [3.8, 4) is 0 Å². The summed E-state index contributed by atoms with van der Waals surface area (Å²) in [5, 5.41) is 0. The standard InChI is InChI=1S/C24H31N3O2/c1-18(2)20-6-4-19(5-7-20)15-26-12-3-10-24(16-26)11-13-27(17-24)23(29)21-8-9-22(28)25-14-21/h4-9,14,18H,3,10-13,15-17H2,1-2H3,(H,25,28)/t24-/m1/s1. The number of carbonyl (C=O) groups excluding carboxylic acids is 1. The minimum absolute atomic E-state index is 0.0273. The second-order valence-electron chi connectivity index (χ2n) is 9.13. The number of nitrogens with zero attached hydrogens (tertiary/aromatic N) is 2. The number of nitrogens with one attached hydrogen (secondary N) is 1. The summed E-state index contributed by atoms with van der Waals surface area (Å²) in [5.41, 5.74) is 3.35. The van der Waals surface area contributed by atoms with Crippen LogP contribution in [0.25, 0.3) is 0 Å². The Hall–Kier alpha value is -2.40. The summed E-state index contributed by atoms with van der Waals surface area (Å²) in [6, 6.07) is 12.1. The van der Waals surface area contributed by atoms with Crippen LogP contribution in [0.3, 0.4) is 0 Å². The van der Waals surface area contributed by atoms with Crippen molar-refractivity contribution in [2.24, 2.45) is 5.41 Å². The van der Waals surface area contributed by atoms with Crippen LogP contribution in [0.4, 0.5) is 0 Å². The molecule has 154 valence electrons. The summed E-state index contributed by atoms with van der Waals surface area (Å²) < 4.78 is 0. The number of hydrogen-bond acceptors (Lipinski definition) is 3. The van der Waals surface area contributed by atoms with E-state index in [1.165, 1.54) is 36.2 Å². The van der Waals surface area contributed by atoms with Crippen molar-refractivity contribution in [3.05, 3.63) is 69.6 Å². The Morgan fingerprint density at radius 3 is 2.55 bits per heavy atom. The molecule has 1 aromatic heterocycles. The second kappa shape index (κ2) is 8.15. The lowest BCUT2D eigenvalue weighted by molar-refractivity contribution is 0.0675. The molecule has 2 aromatic rings. The lowest BCUT2D eigenvalue weighted by Crippen LogP contribution is -2.45. The summed E-state index contributed by atoms with van der Waals surface area (Å²) in [6.45, 7) is 9.22. The first kappa shape index (κ1) is 19.9. The van der Waals surface area contributed by atoms with Gasteiger partial charge in [0.15, 0.2) is 0 Å². The summed E-state index contributed by atoms with van der Waals surface area (Å²) in [4.78, 5) is 31.2. The van der Waals surface area contributed by atoms with Crippen LogP contribution in [0, 0.1) is 5.41 Å². The Bertz CT molecular complexity index is 898. The van der Waals surface area contributed by atoms with Crippen molar-refractivity contribution in [1.29, 1.82) is 0 Å². The van der Waals surface area contributed by atoms with E-state index in [2.05, 4.69) is 48.0 Å². The number of aromatic nitrogens is 1. The minimum atomic E-state index is -0.177. The van der Waals surface area contributed by atoms with E-state index >= 15 is 0 Å². The SMILES string of the molecule is CC(C)c1ccc(CN2CCC[C@@]3(CCN(C(=O)c4ccc(=O)[nH]c4)C3)C2)cc1. The average Bonchev–Trinajstić information content (AvgIpc) is 3.11. The van der Waals surface area contributed by atoms with Gasteiger partial charge in [0.05, 0.1) is 5.56 Å². The molecule has 5 nitrogen and oxygen atoms in total. The van der Waals surface area contributed by atoms with E-state index in [4.69, 9.17) is 0 Å². The first-order valence-electron chi connectivity index (χ1n) is 10.7. The fraction of sp³-hybridized carbons (Fsp3) is 0.500. The third kappa shape index (κ3) is 4.45. The Balaban J connectivity index is 1.39. The zero-order valence-corrected chi connectivity index (χ0v) is 17.5. The smallest absolute Gasteiger partial charge is 0.255 e. The van der Waals surface area contributed by atoms with Gasteiger partial charge in [0.2, 0.25) is 5.56 Å².